The quantitative estimate of drug-likeness (QED) is 0.659. The first-order valence-electron chi connectivity index (χ1n) is 7.98. The first-order valence-corrected chi connectivity index (χ1v) is 7.98. The summed E-state index contributed by atoms with van der Waals surface area (Å²) < 4.78 is 11.5. The molecule has 0 spiro atoms. The number of rotatable bonds is 2. The van der Waals surface area contributed by atoms with Gasteiger partial charge in [-0.25, -0.2) is 9.97 Å². The maximum Gasteiger partial charge on any atom is 0.225 e. The lowest BCUT2D eigenvalue weighted by Gasteiger charge is -2.20. The Morgan fingerprint density at radius 2 is 2.08 bits per heavy atom. The molecule has 3 heterocycles. The highest BCUT2D eigenvalue weighted by atomic mass is 16.5. The van der Waals surface area contributed by atoms with Crippen molar-refractivity contribution < 1.29 is 14.3 Å². The van der Waals surface area contributed by atoms with Crippen LogP contribution in [0.1, 0.15) is 31.5 Å². The standard InChI is InChI=1S/C17H20N4O3/c1-17(2,22)15-10(18)5-9-6-13-12(7-11(9)20-15)21-16(24-13)14-8-19-3-4-23-14/h5-7,14,19,22H,3-4,8,18H2,1-2H3. The van der Waals surface area contributed by atoms with E-state index in [1.807, 2.05) is 12.1 Å². The number of benzene rings is 1. The molecular formula is C17H20N4O3. The fourth-order valence-corrected chi connectivity index (χ4v) is 2.98. The molecule has 7 heteroatoms. The lowest BCUT2D eigenvalue weighted by molar-refractivity contribution is 0.0118. The van der Waals surface area contributed by atoms with Gasteiger partial charge in [0.2, 0.25) is 5.89 Å². The first kappa shape index (κ1) is 15.3. The molecule has 4 N–H and O–H groups in total. The van der Waals surface area contributed by atoms with E-state index in [0.29, 0.717) is 41.5 Å². The number of hydrogen-bond donors (Lipinski definition) is 3. The molecule has 1 aliphatic rings. The van der Waals surface area contributed by atoms with Gasteiger partial charge in [0.15, 0.2) is 5.58 Å². The van der Waals surface area contributed by atoms with E-state index in [4.69, 9.17) is 14.9 Å². The van der Waals surface area contributed by atoms with Crippen molar-refractivity contribution in [2.75, 3.05) is 25.4 Å². The molecule has 3 aromatic rings. The number of nitrogen functional groups attached to an aromatic ring is 1. The predicted molar refractivity (Wildman–Crippen MR) is 90.5 cm³/mol. The average Bonchev–Trinajstić information content (AvgIpc) is 2.94. The van der Waals surface area contributed by atoms with E-state index in [0.717, 1.165) is 17.4 Å². The Bertz CT molecular complexity index is 907. The SMILES string of the molecule is CC(C)(O)c1nc2cc3nc(C4CNCCO4)oc3cc2cc1N. The van der Waals surface area contributed by atoms with Crippen LogP contribution in [0.25, 0.3) is 22.0 Å². The van der Waals surface area contributed by atoms with E-state index in [1.54, 1.807) is 19.9 Å². The number of oxazole rings is 1. The summed E-state index contributed by atoms with van der Waals surface area (Å²) in [6.07, 6.45) is -0.181. The summed E-state index contributed by atoms with van der Waals surface area (Å²) in [7, 11) is 0. The Balaban J connectivity index is 1.83. The lowest BCUT2D eigenvalue weighted by Crippen LogP contribution is -2.33. The van der Waals surface area contributed by atoms with Crippen molar-refractivity contribution in [3.63, 3.8) is 0 Å². The Morgan fingerprint density at radius 3 is 2.79 bits per heavy atom. The smallest absolute Gasteiger partial charge is 0.225 e. The summed E-state index contributed by atoms with van der Waals surface area (Å²) in [5.74, 6) is 0.559. The molecule has 0 radical (unpaired) electrons. The minimum absolute atomic E-state index is 0.181. The third-order valence-corrected chi connectivity index (χ3v) is 4.15. The van der Waals surface area contributed by atoms with Gasteiger partial charge >= 0.3 is 0 Å². The Labute approximate surface area is 138 Å². The molecule has 2 aromatic heterocycles. The van der Waals surface area contributed by atoms with Gasteiger partial charge in [-0.2, -0.15) is 0 Å². The lowest BCUT2D eigenvalue weighted by atomic mass is 10.0. The number of morpholine rings is 1. The molecule has 4 rings (SSSR count). The minimum Gasteiger partial charge on any atom is -0.438 e. The van der Waals surface area contributed by atoms with E-state index < -0.39 is 5.60 Å². The van der Waals surface area contributed by atoms with Gasteiger partial charge in [-0.05, 0) is 32.0 Å². The molecular weight excluding hydrogens is 308 g/mol. The highest BCUT2D eigenvalue weighted by Crippen LogP contribution is 2.31. The third kappa shape index (κ3) is 2.60. The summed E-state index contributed by atoms with van der Waals surface area (Å²) in [6, 6.07) is 5.52. The maximum absolute atomic E-state index is 10.2. The Hall–Kier alpha value is -2.22. The van der Waals surface area contributed by atoms with Gasteiger partial charge in [0.05, 0.1) is 23.5 Å². The van der Waals surface area contributed by atoms with Crippen molar-refractivity contribution in [2.24, 2.45) is 0 Å². The zero-order chi connectivity index (χ0) is 16.9. The van der Waals surface area contributed by atoms with Gasteiger partial charge in [-0.15, -0.1) is 0 Å². The van der Waals surface area contributed by atoms with Crippen molar-refractivity contribution in [1.82, 2.24) is 15.3 Å². The van der Waals surface area contributed by atoms with Crippen LogP contribution in [-0.2, 0) is 10.3 Å². The fourth-order valence-electron chi connectivity index (χ4n) is 2.98. The van der Waals surface area contributed by atoms with E-state index in [9.17, 15) is 5.11 Å². The first-order chi connectivity index (χ1) is 11.4. The molecule has 1 unspecified atom stereocenters. The third-order valence-electron chi connectivity index (χ3n) is 4.15. The maximum atomic E-state index is 10.2. The number of fused-ring (bicyclic) bond motifs is 2. The van der Waals surface area contributed by atoms with E-state index in [2.05, 4.69) is 15.3 Å². The van der Waals surface area contributed by atoms with Crippen LogP contribution in [0.4, 0.5) is 5.69 Å². The number of nitrogens with two attached hydrogens (primary N) is 1. The monoisotopic (exact) mass is 328 g/mol. The van der Waals surface area contributed by atoms with Crippen LogP contribution >= 0.6 is 0 Å². The molecule has 126 valence electrons. The largest absolute Gasteiger partial charge is 0.438 e. The Morgan fingerprint density at radius 1 is 1.25 bits per heavy atom. The average molecular weight is 328 g/mol. The van der Waals surface area contributed by atoms with Crippen molar-refractivity contribution in [3.05, 3.63) is 29.8 Å². The molecule has 0 bridgehead atoms. The van der Waals surface area contributed by atoms with Crippen molar-refractivity contribution >= 4 is 27.7 Å². The summed E-state index contributed by atoms with van der Waals surface area (Å²) in [5, 5.41) is 14.3. The van der Waals surface area contributed by atoms with E-state index in [-0.39, 0.29) is 6.10 Å². The fraction of sp³-hybridized carbons (Fsp3) is 0.412. The highest BCUT2D eigenvalue weighted by molar-refractivity contribution is 5.93. The van der Waals surface area contributed by atoms with Crippen LogP contribution in [0, 0.1) is 0 Å². The summed E-state index contributed by atoms with van der Waals surface area (Å²) in [4.78, 5) is 9.05. The zero-order valence-electron chi connectivity index (χ0n) is 13.7. The molecule has 0 aliphatic carbocycles. The van der Waals surface area contributed by atoms with Gasteiger partial charge in [-0.3, -0.25) is 0 Å². The van der Waals surface area contributed by atoms with Gasteiger partial charge in [-0.1, -0.05) is 0 Å². The number of aliphatic hydroxyl groups is 1. The van der Waals surface area contributed by atoms with Crippen LogP contribution in [0.5, 0.6) is 0 Å². The number of nitrogens with zero attached hydrogens (tertiary/aromatic N) is 2. The van der Waals surface area contributed by atoms with Crippen LogP contribution in [-0.4, -0.2) is 34.8 Å². The summed E-state index contributed by atoms with van der Waals surface area (Å²) in [5.41, 5.74) is 7.95. The normalized spacial score (nSPS) is 19.2. The number of hydrogen-bond acceptors (Lipinski definition) is 7. The topological polar surface area (TPSA) is 106 Å². The van der Waals surface area contributed by atoms with Crippen molar-refractivity contribution in [1.29, 1.82) is 0 Å². The molecule has 0 amide bonds. The van der Waals surface area contributed by atoms with Gasteiger partial charge in [0.1, 0.15) is 17.2 Å². The number of nitrogens with one attached hydrogen (secondary N) is 1. The summed E-state index contributed by atoms with van der Waals surface area (Å²) in [6.45, 7) is 5.48. The number of anilines is 1. The number of ether oxygens (including phenoxy) is 1. The molecule has 0 saturated carbocycles. The second-order valence-electron chi connectivity index (χ2n) is 6.61. The molecule has 1 aliphatic heterocycles. The van der Waals surface area contributed by atoms with Crippen LogP contribution in [0.15, 0.2) is 22.6 Å². The zero-order valence-corrected chi connectivity index (χ0v) is 13.7. The second kappa shape index (κ2) is 5.41. The van der Waals surface area contributed by atoms with Crippen molar-refractivity contribution in [3.8, 4) is 0 Å². The molecule has 7 nitrogen and oxygen atoms in total. The van der Waals surface area contributed by atoms with Crippen LogP contribution in [0.3, 0.4) is 0 Å². The molecule has 1 saturated heterocycles. The highest BCUT2D eigenvalue weighted by Gasteiger charge is 2.24. The van der Waals surface area contributed by atoms with E-state index >= 15 is 0 Å². The predicted octanol–water partition coefficient (Wildman–Crippen LogP) is 1.85. The van der Waals surface area contributed by atoms with Gasteiger partial charge in [0, 0.05) is 18.5 Å². The van der Waals surface area contributed by atoms with Crippen LogP contribution in [0.2, 0.25) is 0 Å². The summed E-state index contributed by atoms with van der Waals surface area (Å²) >= 11 is 0. The second-order valence-corrected chi connectivity index (χ2v) is 6.61. The van der Waals surface area contributed by atoms with Crippen LogP contribution < -0.4 is 11.1 Å². The number of pyridine rings is 1. The van der Waals surface area contributed by atoms with Crippen molar-refractivity contribution in [2.45, 2.75) is 25.6 Å². The van der Waals surface area contributed by atoms with Gasteiger partial charge in [0.25, 0.3) is 0 Å². The Kier molecular flexibility index (Phi) is 3.45. The molecule has 1 aromatic carbocycles. The van der Waals surface area contributed by atoms with Gasteiger partial charge < -0.3 is 25.3 Å². The molecule has 1 fully saturated rings. The van der Waals surface area contributed by atoms with E-state index in [1.165, 1.54) is 0 Å². The molecule has 1 atom stereocenters. The minimum atomic E-state index is -1.11. The number of aromatic nitrogens is 2. The molecule has 24 heavy (non-hydrogen) atoms.